The minimum absolute atomic E-state index is 1.07. The summed E-state index contributed by atoms with van der Waals surface area (Å²) in [5, 5.41) is 2.29. The van der Waals surface area contributed by atoms with Crippen molar-refractivity contribution in [2.75, 3.05) is 38.1 Å². The molecule has 3 nitrogen and oxygen atoms in total. The maximum absolute atomic E-state index is 3.25. The average molecular weight is 249 g/mol. The Kier molecular flexibility index (Phi) is 7.46. The molecule has 0 aliphatic heterocycles. The molecule has 1 aromatic rings. The highest BCUT2D eigenvalue weighted by Crippen LogP contribution is 2.12. The topological polar surface area (TPSA) is 18.5 Å². The van der Waals surface area contributed by atoms with Gasteiger partial charge in [-0.1, -0.05) is 25.1 Å². The Morgan fingerprint density at radius 2 is 1.72 bits per heavy atom. The van der Waals surface area contributed by atoms with E-state index < -0.39 is 0 Å². The SMILES string of the molecule is CCCN(CCCN(CC)c1ccccc1)NC. The molecule has 3 heteroatoms. The van der Waals surface area contributed by atoms with Crippen LogP contribution in [0, 0.1) is 0 Å². The maximum atomic E-state index is 3.25. The van der Waals surface area contributed by atoms with Gasteiger partial charge >= 0.3 is 0 Å². The molecule has 0 aromatic heterocycles. The zero-order chi connectivity index (χ0) is 13.2. The highest BCUT2D eigenvalue weighted by molar-refractivity contribution is 5.45. The van der Waals surface area contributed by atoms with Gasteiger partial charge < -0.3 is 4.90 Å². The number of nitrogens with one attached hydrogen (secondary N) is 1. The molecule has 0 atom stereocenters. The Balaban J connectivity index is 2.36. The predicted octanol–water partition coefficient (Wildman–Crippen LogP) is 2.75. The summed E-state index contributed by atoms with van der Waals surface area (Å²) < 4.78 is 0. The largest absolute Gasteiger partial charge is 0.372 e. The monoisotopic (exact) mass is 249 g/mol. The quantitative estimate of drug-likeness (QED) is 0.679. The average Bonchev–Trinajstić information content (AvgIpc) is 2.43. The van der Waals surface area contributed by atoms with Gasteiger partial charge in [0.2, 0.25) is 0 Å². The number of para-hydroxylation sites is 1. The third-order valence-electron chi connectivity index (χ3n) is 3.17. The van der Waals surface area contributed by atoms with Crippen molar-refractivity contribution < 1.29 is 0 Å². The summed E-state index contributed by atoms with van der Waals surface area (Å²) in [7, 11) is 2.00. The fourth-order valence-electron chi connectivity index (χ4n) is 2.17. The van der Waals surface area contributed by atoms with Crippen LogP contribution in [0.2, 0.25) is 0 Å². The Morgan fingerprint density at radius 3 is 2.28 bits per heavy atom. The molecular weight excluding hydrogens is 222 g/mol. The summed E-state index contributed by atoms with van der Waals surface area (Å²) >= 11 is 0. The van der Waals surface area contributed by atoms with Crippen LogP contribution < -0.4 is 10.3 Å². The van der Waals surface area contributed by atoms with Crippen molar-refractivity contribution in [2.45, 2.75) is 26.7 Å². The van der Waals surface area contributed by atoms with E-state index in [9.17, 15) is 0 Å². The number of rotatable bonds is 9. The number of hydrogen-bond donors (Lipinski definition) is 1. The summed E-state index contributed by atoms with van der Waals surface area (Å²) in [6, 6.07) is 10.7. The minimum Gasteiger partial charge on any atom is -0.372 e. The van der Waals surface area contributed by atoms with Gasteiger partial charge in [0.1, 0.15) is 0 Å². The molecule has 1 rings (SSSR count). The van der Waals surface area contributed by atoms with E-state index in [2.05, 4.69) is 59.5 Å². The Hall–Kier alpha value is -1.06. The van der Waals surface area contributed by atoms with E-state index in [0.717, 1.165) is 26.2 Å². The third-order valence-corrected chi connectivity index (χ3v) is 3.17. The fraction of sp³-hybridized carbons (Fsp3) is 0.600. The fourth-order valence-corrected chi connectivity index (χ4v) is 2.17. The van der Waals surface area contributed by atoms with Crippen molar-refractivity contribution in [3.05, 3.63) is 30.3 Å². The van der Waals surface area contributed by atoms with Crippen LogP contribution in [-0.2, 0) is 0 Å². The van der Waals surface area contributed by atoms with Crippen LogP contribution >= 0.6 is 0 Å². The smallest absolute Gasteiger partial charge is 0.0366 e. The van der Waals surface area contributed by atoms with Crippen molar-refractivity contribution in [3.63, 3.8) is 0 Å². The van der Waals surface area contributed by atoms with Crippen molar-refractivity contribution in [1.82, 2.24) is 10.4 Å². The lowest BCUT2D eigenvalue weighted by molar-refractivity contribution is 0.206. The summed E-state index contributed by atoms with van der Waals surface area (Å²) in [6.45, 7) is 8.84. The van der Waals surface area contributed by atoms with E-state index in [1.165, 1.54) is 18.5 Å². The van der Waals surface area contributed by atoms with Crippen molar-refractivity contribution >= 4 is 5.69 Å². The molecule has 0 aliphatic carbocycles. The van der Waals surface area contributed by atoms with Crippen LogP contribution in [0.5, 0.6) is 0 Å². The molecule has 18 heavy (non-hydrogen) atoms. The van der Waals surface area contributed by atoms with Crippen molar-refractivity contribution in [3.8, 4) is 0 Å². The zero-order valence-corrected chi connectivity index (χ0v) is 12.0. The molecule has 0 amide bonds. The summed E-state index contributed by atoms with van der Waals surface area (Å²) in [5.74, 6) is 0. The first-order chi connectivity index (χ1) is 8.81. The normalized spacial score (nSPS) is 10.9. The molecule has 0 saturated carbocycles. The number of anilines is 1. The molecule has 0 unspecified atom stereocenters. The Bertz CT molecular complexity index is 300. The lowest BCUT2D eigenvalue weighted by Crippen LogP contribution is -2.38. The molecule has 1 N–H and O–H groups in total. The highest BCUT2D eigenvalue weighted by Gasteiger charge is 2.05. The third kappa shape index (κ3) is 5.07. The molecule has 1 aromatic carbocycles. The van der Waals surface area contributed by atoms with E-state index in [0.29, 0.717) is 0 Å². The van der Waals surface area contributed by atoms with Gasteiger partial charge in [-0.2, -0.15) is 0 Å². The first-order valence-corrected chi connectivity index (χ1v) is 7.04. The van der Waals surface area contributed by atoms with E-state index in [4.69, 9.17) is 0 Å². The molecule has 0 aliphatic rings. The van der Waals surface area contributed by atoms with Crippen LogP contribution in [0.25, 0.3) is 0 Å². The Morgan fingerprint density at radius 1 is 1.00 bits per heavy atom. The number of benzene rings is 1. The van der Waals surface area contributed by atoms with Crippen LogP contribution in [0.15, 0.2) is 30.3 Å². The van der Waals surface area contributed by atoms with Crippen LogP contribution in [0.4, 0.5) is 5.69 Å². The molecule has 0 radical (unpaired) electrons. The minimum atomic E-state index is 1.07. The molecular formula is C15H27N3. The summed E-state index contributed by atoms with van der Waals surface area (Å²) in [6.07, 6.45) is 2.38. The zero-order valence-electron chi connectivity index (χ0n) is 12.0. The predicted molar refractivity (Wildman–Crippen MR) is 79.9 cm³/mol. The van der Waals surface area contributed by atoms with E-state index in [-0.39, 0.29) is 0 Å². The number of hydrogen-bond acceptors (Lipinski definition) is 3. The highest BCUT2D eigenvalue weighted by atomic mass is 15.5. The van der Waals surface area contributed by atoms with Crippen molar-refractivity contribution in [1.29, 1.82) is 0 Å². The first-order valence-electron chi connectivity index (χ1n) is 7.04. The second-order valence-corrected chi connectivity index (χ2v) is 4.48. The second-order valence-electron chi connectivity index (χ2n) is 4.48. The Labute approximate surface area is 112 Å². The number of hydrazine groups is 1. The van der Waals surface area contributed by atoms with Gasteiger partial charge in [-0.3, -0.25) is 5.43 Å². The standard InChI is InChI=1S/C15H27N3/c1-4-12-18(16-3)14-9-13-17(5-2)15-10-7-6-8-11-15/h6-8,10-11,16H,4-5,9,12-14H2,1-3H3. The van der Waals surface area contributed by atoms with Gasteiger partial charge in [0, 0.05) is 31.9 Å². The lowest BCUT2D eigenvalue weighted by atomic mass is 10.2. The van der Waals surface area contributed by atoms with Crippen LogP contribution in [0.3, 0.4) is 0 Å². The van der Waals surface area contributed by atoms with Gasteiger partial charge in [-0.15, -0.1) is 0 Å². The molecule has 0 bridgehead atoms. The van der Waals surface area contributed by atoms with Gasteiger partial charge in [0.05, 0.1) is 0 Å². The van der Waals surface area contributed by atoms with Gasteiger partial charge in [-0.25, -0.2) is 5.01 Å². The van der Waals surface area contributed by atoms with Crippen LogP contribution in [-0.4, -0.2) is 38.2 Å². The van der Waals surface area contributed by atoms with Gasteiger partial charge in [-0.05, 0) is 38.9 Å². The van der Waals surface area contributed by atoms with E-state index in [1.807, 2.05) is 7.05 Å². The first kappa shape index (κ1) is 15.0. The molecule has 102 valence electrons. The summed E-state index contributed by atoms with van der Waals surface area (Å²) in [5.41, 5.74) is 4.57. The molecule has 0 heterocycles. The lowest BCUT2D eigenvalue weighted by Gasteiger charge is -2.25. The second kappa shape index (κ2) is 8.95. The van der Waals surface area contributed by atoms with Crippen LogP contribution in [0.1, 0.15) is 26.7 Å². The summed E-state index contributed by atoms with van der Waals surface area (Å²) in [4.78, 5) is 2.43. The van der Waals surface area contributed by atoms with E-state index >= 15 is 0 Å². The molecule has 0 saturated heterocycles. The molecule has 0 fully saturated rings. The number of nitrogens with zero attached hydrogens (tertiary/aromatic N) is 2. The maximum Gasteiger partial charge on any atom is 0.0366 e. The van der Waals surface area contributed by atoms with Gasteiger partial charge in [0.25, 0.3) is 0 Å². The van der Waals surface area contributed by atoms with E-state index in [1.54, 1.807) is 0 Å². The molecule has 0 spiro atoms. The van der Waals surface area contributed by atoms with Crippen molar-refractivity contribution in [2.24, 2.45) is 0 Å². The van der Waals surface area contributed by atoms with Gasteiger partial charge in [0.15, 0.2) is 0 Å².